The van der Waals surface area contributed by atoms with Crippen molar-refractivity contribution in [1.29, 1.82) is 0 Å². The highest BCUT2D eigenvalue weighted by molar-refractivity contribution is 5.80. The number of pyridine rings is 1. The molecule has 160 valence electrons. The Morgan fingerprint density at radius 2 is 1.79 bits per heavy atom. The summed E-state index contributed by atoms with van der Waals surface area (Å²) in [5.74, 6) is 5.45. The van der Waals surface area contributed by atoms with Gasteiger partial charge in [0, 0.05) is 36.3 Å². The van der Waals surface area contributed by atoms with Crippen LogP contribution in [0.15, 0.2) is 61.1 Å². The SMILES string of the molecule is Fc1ncccc1CNc1nccc(-c2nccc(C#Cc3ccc4[nH]nc(F)c4c3)n2)n1. The smallest absolute Gasteiger partial charge is 0.240 e. The molecular weight excluding hydrogens is 426 g/mol. The highest BCUT2D eigenvalue weighted by atomic mass is 19.1. The highest BCUT2D eigenvalue weighted by Crippen LogP contribution is 2.17. The molecular formula is C23H14F2N8. The van der Waals surface area contributed by atoms with E-state index in [2.05, 4.69) is 52.3 Å². The molecule has 5 aromatic rings. The van der Waals surface area contributed by atoms with Crippen LogP contribution >= 0.6 is 0 Å². The molecule has 0 saturated carbocycles. The Bertz CT molecular complexity index is 1520. The fourth-order valence-electron chi connectivity index (χ4n) is 3.04. The van der Waals surface area contributed by atoms with E-state index < -0.39 is 11.9 Å². The number of hydrogen-bond acceptors (Lipinski definition) is 7. The van der Waals surface area contributed by atoms with Crippen LogP contribution in [0.5, 0.6) is 0 Å². The molecule has 0 spiro atoms. The van der Waals surface area contributed by atoms with Crippen LogP contribution in [-0.4, -0.2) is 35.1 Å². The quantitative estimate of drug-likeness (QED) is 0.326. The van der Waals surface area contributed by atoms with Crippen LogP contribution in [0, 0.1) is 23.7 Å². The van der Waals surface area contributed by atoms with Gasteiger partial charge in [-0.25, -0.2) is 24.9 Å². The number of rotatable bonds is 4. The van der Waals surface area contributed by atoms with Gasteiger partial charge in [-0.2, -0.15) is 8.78 Å². The molecule has 5 rings (SSSR count). The molecule has 4 heterocycles. The minimum atomic E-state index is -0.572. The van der Waals surface area contributed by atoms with Crippen LogP contribution in [0.2, 0.25) is 0 Å². The zero-order valence-corrected chi connectivity index (χ0v) is 16.9. The van der Waals surface area contributed by atoms with Gasteiger partial charge in [-0.15, -0.1) is 5.10 Å². The third-order valence-corrected chi connectivity index (χ3v) is 4.66. The molecule has 0 amide bonds. The molecule has 8 nitrogen and oxygen atoms in total. The predicted octanol–water partition coefficient (Wildman–Crippen LogP) is 3.50. The van der Waals surface area contributed by atoms with Gasteiger partial charge in [0.2, 0.25) is 17.8 Å². The van der Waals surface area contributed by atoms with E-state index in [4.69, 9.17) is 0 Å². The molecule has 0 saturated heterocycles. The number of nitrogens with one attached hydrogen (secondary N) is 2. The summed E-state index contributed by atoms with van der Waals surface area (Å²) in [6.07, 6.45) is 4.52. The van der Waals surface area contributed by atoms with Crippen molar-refractivity contribution in [3.8, 4) is 23.4 Å². The summed E-state index contributed by atoms with van der Waals surface area (Å²) in [6.45, 7) is 0.178. The number of halogens is 2. The second kappa shape index (κ2) is 8.76. The van der Waals surface area contributed by atoms with E-state index in [-0.39, 0.29) is 6.54 Å². The molecule has 2 N–H and O–H groups in total. The van der Waals surface area contributed by atoms with Gasteiger partial charge in [0.1, 0.15) is 11.4 Å². The highest BCUT2D eigenvalue weighted by Gasteiger charge is 2.08. The van der Waals surface area contributed by atoms with Gasteiger partial charge in [0.05, 0.1) is 10.9 Å². The molecule has 4 aromatic heterocycles. The van der Waals surface area contributed by atoms with E-state index in [0.717, 1.165) is 0 Å². The standard InChI is InChI=1S/C23H14F2N8/c24-20-15(2-1-9-26-20)13-29-23-28-11-8-19(31-23)22-27-10-7-16(30-22)5-3-14-4-6-18-17(12-14)21(25)33-32-18/h1-2,4,6-12H,13H2,(H,32,33)(H,28,29,31). The Balaban J connectivity index is 1.36. The van der Waals surface area contributed by atoms with E-state index >= 15 is 0 Å². The van der Waals surface area contributed by atoms with Gasteiger partial charge >= 0.3 is 0 Å². The normalized spacial score (nSPS) is 10.6. The van der Waals surface area contributed by atoms with E-state index in [0.29, 0.717) is 45.2 Å². The van der Waals surface area contributed by atoms with Crippen LogP contribution in [0.25, 0.3) is 22.4 Å². The maximum absolute atomic E-state index is 13.7. The number of aromatic amines is 1. The van der Waals surface area contributed by atoms with Crippen molar-refractivity contribution >= 4 is 16.9 Å². The van der Waals surface area contributed by atoms with Crippen LogP contribution in [-0.2, 0) is 6.54 Å². The van der Waals surface area contributed by atoms with E-state index in [1.54, 1.807) is 54.9 Å². The first-order valence-corrected chi connectivity index (χ1v) is 9.81. The van der Waals surface area contributed by atoms with E-state index in [9.17, 15) is 8.78 Å². The average molecular weight is 440 g/mol. The number of nitrogens with zero attached hydrogens (tertiary/aromatic N) is 6. The van der Waals surface area contributed by atoms with Crippen LogP contribution < -0.4 is 5.32 Å². The lowest BCUT2D eigenvalue weighted by molar-refractivity contribution is 0.569. The Hall–Kier alpha value is -4.78. The summed E-state index contributed by atoms with van der Waals surface area (Å²) in [5.41, 5.74) is 2.57. The fraction of sp³-hybridized carbons (Fsp3) is 0.0435. The third-order valence-electron chi connectivity index (χ3n) is 4.66. The average Bonchev–Trinajstić information content (AvgIpc) is 3.23. The molecule has 0 atom stereocenters. The van der Waals surface area contributed by atoms with Crippen molar-refractivity contribution in [3.63, 3.8) is 0 Å². The largest absolute Gasteiger partial charge is 0.350 e. The predicted molar refractivity (Wildman–Crippen MR) is 117 cm³/mol. The van der Waals surface area contributed by atoms with Crippen molar-refractivity contribution in [1.82, 2.24) is 35.1 Å². The van der Waals surface area contributed by atoms with E-state index in [1.807, 2.05) is 0 Å². The van der Waals surface area contributed by atoms with Gasteiger partial charge < -0.3 is 5.32 Å². The minimum Gasteiger partial charge on any atom is -0.350 e. The van der Waals surface area contributed by atoms with Crippen molar-refractivity contribution in [2.75, 3.05) is 5.32 Å². The van der Waals surface area contributed by atoms with Gasteiger partial charge in [-0.3, -0.25) is 5.10 Å². The maximum Gasteiger partial charge on any atom is 0.240 e. The molecule has 0 fully saturated rings. The maximum atomic E-state index is 13.7. The van der Waals surface area contributed by atoms with Crippen molar-refractivity contribution in [2.45, 2.75) is 6.54 Å². The van der Waals surface area contributed by atoms with Crippen molar-refractivity contribution < 1.29 is 8.78 Å². The zero-order valence-electron chi connectivity index (χ0n) is 16.9. The first-order chi connectivity index (χ1) is 16.2. The van der Waals surface area contributed by atoms with Crippen LogP contribution in [0.3, 0.4) is 0 Å². The number of fused-ring (bicyclic) bond motifs is 1. The molecule has 0 unspecified atom stereocenters. The van der Waals surface area contributed by atoms with Crippen molar-refractivity contribution in [3.05, 3.63) is 89.8 Å². The summed E-state index contributed by atoms with van der Waals surface area (Å²) >= 11 is 0. The van der Waals surface area contributed by atoms with E-state index in [1.165, 1.54) is 6.20 Å². The second-order valence-electron chi connectivity index (χ2n) is 6.86. The van der Waals surface area contributed by atoms with Gasteiger partial charge in [0.25, 0.3) is 0 Å². The monoisotopic (exact) mass is 440 g/mol. The molecule has 0 radical (unpaired) electrons. The van der Waals surface area contributed by atoms with Gasteiger partial charge in [0.15, 0.2) is 5.82 Å². The number of anilines is 1. The lowest BCUT2D eigenvalue weighted by atomic mass is 10.1. The third kappa shape index (κ3) is 4.47. The minimum absolute atomic E-state index is 0.178. The number of hydrogen-bond donors (Lipinski definition) is 2. The summed E-state index contributed by atoms with van der Waals surface area (Å²) in [7, 11) is 0. The topological polar surface area (TPSA) is 105 Å². The molecule has 1 aromatic carbocycles. The zero-order chi connectivity index (χ0) is 22.6. The fourth-order valence-corrected chi connectivity index (χ4v) is 3.04. The molecule has 0 aliphatic carbocycles. The summed E-state index contributed by atoms with van der Waals surface area (Å²) < 4.78 is 27.4. The lowest BCUT2D eigenvalue weighted by Gasteiger charge is -2.06. The summed E-state index contributed by atoms with van der Waals surface area (Å²) in [5, 5.41) is 9.49. The number of benzene rings is 1. The van der Waals surface area contributed by atoms with Gasteiger partial charge in [-0.1, -0.05) is 12.0 Å². The first-order valence-electron chi connectivity index (χ1n) is 9.81. The second-order valence-corrected chi connectivity index (χ2v) is 6.86. The van der Waals surface area contributed by atoms with Crippen LogP contribution in [0.1, 0.15) is 16.8 Å². The summed E-state index contributed by atoms with van der Waals surface area (Å²) in [4.78, 5) is 20.9. The Kier molecular flexibility index (Phi) is 5.35. The lowest BCUT2D eigenvalue weighted by Crippen LogP contribution is -2.06. The molecule has 0 aliphatic rings. The first kappa shape index (κ1) is 20.1. The molecule has 33 heavy (non-hydrogen) atoms. The molecule has 0 aliphatic heterocycles. The summed E-state index contributed by atoms with van der Waals surface area (Å²) in [6, 6.07) is 11.7. The van der Waals surface area contributed by atoms with Crippen molar-refractivity contribution in [2.24, 2.45) is 0 Å². The Morgan fingerprint density at radius 3 is 2.70 bits per heavy atom. The molecule has 0 bridgehead atoms. The Labute approximate surface area is 186 Å². The number of aromatic nitrogens is 7. The van der Waals surface area contributed by atoms with Crippen LogP contribution in [0.4, 0.5) is 14.7 Å². The molecule has 10 heteroatoms. The van der Waals surface area contributed by atoms with Gasteiger partial charge in [-0.05, 0) is 42.3 Å². The number of H-pyrrole nitrogens is 1. The Morgan fingerprint density at radius 1 is 0.879 bits per heavy atom.